The molecule has 5 nitrogen and oxygen atoms in total. The predicted octanol–water partition coefficient (Wildman–Crippen LogP) is 4.09. The summed E-state index contributed by atoms with van der Waals surface area (Å²) in [6.07, 6.45) is 3.47. The second-order valence-electron chi connectivity index (χ2n) is 8.07. The van der Waals surface area contributed by atoms with Crippen molar-refractivity contribution in [3.63, 3.8) is 0 Å². The Morgan fingerprint density at radius 3 is 2.20 bits per heavy atom. The van der Waals surface area contributed by atoms with Gasteiger partial charge in [-0.1, -0.05) is 37.1 Å². The van der Waals surface area contributed by atoms with Gasteiger partial charge in [0, 0.05) is 18.1 Å². The summed E-state index contributed by atoms with van der Waals surface area (Å²) < 4.78 is 0. The molecule has 3 N–H and O–H groups in total. The van der Waals surface area contributed by atoms with Crippen molar-refractivity contribution in [1.82, 2.24) is 10.2 Å². The zero-order chi connectivity index (χ0) is 18.6. The third-order valence-corrected chi connectivity index (χ3v) is 5.07. The van der Waals surface area contributed by atoms with E-state index in [1.54, 1.807) is 0 Å². The molecule has 1 aliphatic rings. The van der Waals surface area contributed by atoms with Gasteiger partial charge >= 0.3 is 6.09 Å². The molecule has 0 aliphatic heterocycles. The van der Waals surface area contributed by atoms with Crippen LogP contribution in [0.1, 0.15) is 76.7 Å². The fourth-order valence-corrected chi connectivity index (χ4v) is 3.71. The van der Waals surface area contributed by atoms with Gasteiger partial charge in [0.05, 0.1) is 12.1 Å². The number of carboxylic acid groups (broad SMARTS) is 1. The number of aliphatic hydroxyl groups is 1. The van der Waals surface area contributed by atoms with Crippen molar-refractivity contribution in [2.24, 2.45) is 0 Å². The maximum absolute atomic E-state index is 11.6. The maximum atomic E-state index is 11.6. The van der Waals surface area contributed by atoms with E-state index in [4.69, 9.17) is 0 Å². The molecule has 0 unspecified atom stereocenters. The Morgan fingerprint density at radius 2 is 1.72 bits per heavy atom. The van der Waals surface area contributed by atoms with Crippen molar-refractivity contribution in [2.75, 3.05) is 6.54 Å². The molecule has 0 bridgehead atoms. The fourth-order valence-electron chi connectivity index (χ4n) is 3.71. The van der Waals surface area contributed by atoms with Crippen molar-refractivity contribution in [3.8, 4) is 0 Å². The molecule has 2 atom stereocenters. The zero-order valence-electron chi connectivity index (χ0n) is 15.8. The first-order chi connectivity index (χ1) is 11.7. The summed E-state index contributed by atoms with van der Waals surface area (Å²) in [6.45, 7) is 8.13. The molecule has 0 radical (unpaired) electrons. The Morgan fingerprint density at radius 1 is 1.20 bits per heavy atom. The van der Waals surface area contributed by atoms with E-state index in [0.29, 0.717) is 12.6 Å². The van der Waals surface area contributed by atoms with E-state index in [1.807, 2.05) is 52.0 Å². The number of hydrogen-bond acceptors (Lipinski definition) is 3. The van der Waals surface area contributed by atoms with Crippen LogP contribution in [0.15, 0.2) is 24.3 Å². The van der Waals surface area contributed by atoms with Crippen LogP contribution in [-0.4, -0.2) is 39.3 Å². The van der Waals surface area contributed by atoms with Crippen LogP contribution in [0.4, 0.5) is 4.79 Å². The lowest BCUT2D eigenvalue weighted by molar-refractivity contribution is 0.0752. The second-order valence-corrected chi connectivity index (χ2v) is 8.07. The van der Waals surface area contributed by atoms with E-state index >= 15 is 0 Å². The largest absolute Gasteiger partial charge is 0.465 e. The third kappa shape index (κ3) is 5.19. The van der Waals surface area contributed by atoms with Crippen molar-refractivity contribution >= 4 is 6.09 Å². The summed E-state index contributed by atoms with van der Waals surface area (Å²) in [4.78, 5) is 13.1. The Balaban J connectivity index is 2.01. The molecule has 0 aromatic heterocycles. The summed E-state index contributed by atoms with van der Waals surface area (Å²) in [5, 5.41) is 23.3. The third-order valence-electron chi connectivity index (χ3n) is 5.07. The standard InChI is InChI=1S/C20H32N2O3/c1-14(22(19(24)25)20(2,3)4)15-9-11-16(12-10-15)18(23)13-21-17-7-5-6-8-17/h9-12,14,17-18,21,23H,5-8,13H2,1-4H3,(H,24,25)/t14-,18+/m0/s1. The molecule has 140 valence electrons. The SMILES string of the molecule is C[C@@H](c1ccc([C@H](O)CNC2CCCC2)cc1)N(C(=O)O)C(C)(C)C. The van der Waals surface area contributed by atoms with Gasteiger partial charge in [-0.2, -0.15) is 0 Å². The van der Waals surface area contributed by atoms with Gasteiger partial charge in [0.15, 0.2) is 0 Å². The van der Waals surface area contributed by atoms with E-state index in [2.05, 4.69) is 5.32 Å². The molecule has 0 heterocycles. The summed E-state index contributed by atoms with van der Waals surface area (Å²) in [5.74, 6) is 0. The van der Waals surface area contributed by atoms with Gasteiger partial charge in [-0.15, -0.1) is 0 Å². The van der Waals surface area contributed by atoms with Gasteiger partial charge in [-0.05, 0) is 51.7 Å². The minimum Gasteiger partial charge on any atom is -0.465 e. The zero-order valence-corrected chi connectivity index (χ0v) is 15.8. The van der Waals surface area contributed by atoms with Crippen LogP contribution in [0.25, 0.3) is 0 Å². The maximum Gasteiger partial charge on any atom is 0.408 e. The van der Waals surface area contributed by atoms with Crippen LogP contribution in [0.3, 0.4) is 0 Å². The number of benzene rings is 1. The van der Waals surface area contributed by atoms with Crippen LogP contribution in [-0.2, 0) is 0 Å². The van der Waals surface area contributed by atoms with E-state index in [-0.39, 0.29) is 6.04 Å². The first-order valence-electron chi connectivity index (χ1n) is 9.23. The van der Waals surface area contributed by atoms with E-state index < -0.39 is 17.7 Å². The fraction of sp³-hybridized carbons (Fsp3) is 0.650. The van der Waals surface area contributed by atoms with E-state index in [1.165, 1.54) is 30.6 Å². The lowest BCUT2D eigenvalue weighted by Gasteiger charge is -2.38. The summed E-state index contributed by atoms with van der Waals surface area (Å²) in [6, 6.07) is 7.91. The van der Waals surface area contributed by atoms with Gasteiger partial charge in [0.25, 0.3) is 0 Å². The molecule has 1 aromatic rings. The highest BCUT2D eigenvalue weighted by Crippen LogP contribution is 2.29. The van der Waals surface area contributed by atoms with Crippen molar-refractivity contribution < 1.29 is 15.0 Å². The number of rotatable bonds is 6. The summed E-state index contributed by atoms with van der Waals surface area (Å²) >= 11 is 0. The molecule has 2 rings (SSSR count). The molecular weight excluding hydrogens is 316 g/mol. The van der Waals surface area contributed by atoms with Gasteiger partial charge in [-0.3, -0.25) is 4.90 Å². The van der Waals surface area contributed by atoms with E-state index in [9.17, 15) is 15.0 Å². The van der Waals surface area contributed by atoms with Crippen molar-refractivity contribution in [2.45, 2.75) is 77.1 Å². The van der Waals surface area contributed by atoms with E-state index in [0.717, 1.165) is 11.1 Å². The summed E-state index contributed by atoms with van der Waals surface area (Å²) in [5.41, 5.74) is 1.31. The molecule has 0 spiro atoms. The molecule has 0 saturated heterocycles. The highest BCUT2D eigenvalue weighted by atomic mass is 16.4. The number of carbonyl (C=O) groups is 1. The normalized spacial score (nSPS) is 18.1. The monoisotopic (exact) mass is 348 g/mol. The lowest BCUT2D eigenvalue weighted by atomic mass is 9.98. The number of nitrogens with one attached hydrogen (secondary N) is 1. The van der Waals surface area contributed by atoms with Crippen LogP contribution in [0.5, 0.6) is 0 Å². The average Bonchev–Trinajstić information content (AvgIpc) is 3.04. The lowest BCUT2D eigenvalue weighted by Crippen LogP contribution is -2.46. The molecule has 1 aliphatic carbocycles. The minimum atomic E-state index is -0.926. The molecular formula is C20H32N2O3. The molecule has 25 heavy (non-hydrogen) atoms. The Labute approximate surface area is 151 Å². The molecule has 1 aromatic carbocycles. The molecule has 1 amide bonds. The Kier molecular flexibility index (Phi) is 6.47. The smallest absolute Gasteiger partial charge is 0.408 e. The number of aliphatic hydroxyl groups excluding tert-OH is 1. The highest BCUT2D eigenvalue weighted by molar-refractivity contribution is 5.66. The first-order valence-corrected chi connectivity index (χ1v) is 9.23. The first kappa shape index (κ1) is 19.7. The second kappa shape index (κ2) is 8.19. The average molecular weight is 348 g/mol. The van der Waals surface area contributed by atoms with Crippen molar-refractivity contribution in [1.29, 1.82) is 0 Å². The number of nitrogens with zero attached hydrogens (tertiary/aromatic N) is 1. The Bertz CT molecular complexity index is 559. The molecule has 5 heteroatoms. The molecule has 1 saturated carbocycles. The van der Waals surface area contributed by atoms with Crippen LogP contribution in [0, 0.1) is 0 Å². The number of amides is 1. The Hall–Kier alpha value is -1.59. The van der Waals surface area contributed by atoms with Gasteiger partial charge in [0.1, 0.15) is 0 Å². The van der Waals surface area contributed by atoms with Gasteiger partial charge < -0.3 is 15.5 Å². The topological polar surface area (TPSA) is 72.8 Å². The van der Waals surface area contributed by atoms with Gasteiger partial charge in [0.2, 0.25) is 0 Å². The van der Waals surface area contributed by atoms with Crippen LogP contribution < -0.4 is 5.32 Å². The van der Waals surface area contributed by atoms with Crippen molar-refractivity contribution in [3.05, 3.63) is 35.4 Å². The van der Waals surface area contributed by atoms with Gasteiger partial charge in [-0.25, -0.2) is 4.79 Å². The van der Waals surface area contributed by atoms with Crippen LogP contribution in [0.2, 0.25) is 0 Å². The minimum absolute atomic E-state index is 0.250. The summed E-state index contributed by atoms with van der Waals surface area (Å²) in [7, 11) is 0. The number of hydrogen-bond donors (Lipinski definition) is 3. The predicted molar refractivity (Wildman–Crippen MR) is 99.7 cm³/mol. The highest BCUT2D eigenvalue weighted by Gasteiger charge is 2.31. The quantitative estimate of drug-likeness (QED) is 0.724. The van der Waals surface area contributed by atoms with Crippen LogP contribution >= 0.6 is 0 Å². The molecule has 1 fully saturated rings.